The first-order chi connectivity index (χ1) is 12.8. The quantitative estimate of drug-likeness (QED) is 0.872. The van der Waals surface area contributed by atoms with Gasteiger partial charge in [-0.15, -0.1) is 0 Å². The van der Waals surface area contributed by atoms with E-state index in [-0.39, 0.29) is 36.1 Å². The van der Waals surface area contributed by atoms with Crippen molar-refractivity contribution < 1.29 is 18.7 Å². The molecule has 0 saturated carbocycles. The molecule has 2 N–H and O–H groups in total. The average Bonchev–Trinajstić information content (AvgIpc) is 2.91. The first-order valence-corrected chi connectivity index (χ1v) is 9.00. The molecule has 0 aromatic heterocycles. The Morgan fingerprint density at radius 1 is 1.26 bits per heavy atom. The minimum Gasteiger partial charge on any atom is -0.487 e. The summed E-state index contributed by atoms with van der Waals surface area (Å²) in [6.45, 7) is 3.87. The van der Waals surface area contributed by atoms with Crippen molar-refractivity contribution in [3.63, 3.8) is 0 Å². The molecule has 140 valence electrons. The molecule has 2 atom stereocenters. The summed E-state index contributed by atoms with van der Waals surface area (Å²) >= 11 is 0. The van der Waals surface area contributed by atoms with E-state index >= 15 is 0 Å². The van der Waals surface area contributed by atoms with Crippen LogP contribution in [-0.2, 0) is 4.79 Å². The van der Waals surface area contributed by atoms with Gasteiger partial charge in [0, 0.05) is 17.5 Å². The first-order valence-electron chi connectivity index (χ1n) is 9.00. The zero-order valence-corrected chi connectivity index (χ0v) is 15.2. The Balaban J connectivity index is 1.52. The van der Waals surface area contributed by atoms with E-state index in [1.807, 2.05) is 26.0 Å². The number of benzene rings is 2. The maximum atomic E-state index is 13.7. The molecule has 0 bridgehead atoms. The topological polar surface area (TPSA) is 67.4 Å². The minimum atomic E-state index is -0.475. The SMILES string of the molecule is CC1(C)CC(NC(=O)CC2NC(=O)c3ccccc32)c2cc(F)ccc2O1. The van der Waals surface area contributed by atoms with Gasteiger partial charge < -0.3 is 15.4 Å². The van der Waals surface area contributed by atoms with Gasteiger partial charge in [-0.05, 0) is 43.7 Å². The smallest absolute Gasteiger partial charge is 0.252 e. The van der Waals surface area contributed by atoms with Gasteiger partial charge in [-0.2, -0.15) is 0 Å². The second kappa shape index (κ2) is 6.37. The van der Waals surface area contributed by atoms with E-state index in [2.05, 4.69) is 10.6 Å². The number of nitrogens with one attached hydrogen (secondary N) is 2. The Labute approximate surface area is 156 Å². The molecule has 0 saturated heterocycles. The number of halogens is 1. The Morgan fingerprint density at radius 2 is 2.04 bits per heavy atom. The summed E-state index contributed by atoms with van der Waals surface area (Å²) in [6.07, 6.45) is 0.661. The Hall–Kier alpha value is -2.89. The van der Waals surface area contributed by atoms with Gasteiger partial charge in [0.05, 0.1) is 18.5 Å². The van der Waals surface area contributed by atoms with Crippen molar-refractivity contribution in [1.29, 1.82) is 0 Å². The molecule has 2 aliphatic rings. The normalized spacial score (nSPS) is 22.3. The maximum Gasteiger partial charge on any atom is 0.252 e. The molecule has 2 aliphatic heterocycles. The van der Waals surface area contributed by atoms with Crippen molar-refractivity contribution in [3.8, 4) is 5.75 Å². The highest BCUT2D eigenvalue weighted by atomic mass is 19.1. The lowest BCUT2D eigenvalue weighted by Crippen LogP contribution is -2.42. The largest absolute Gasteiger partial charge is 0.487 e. The fraction of sp³-hybridized carbons (Fsp3) is 0.333. The van der Waals surface area contributed by atoms with Gasteiger partial charge >= 0.3 is 0 Å². The molecule has 0 fully saturated rings. The molecule has 0 radical (unpaired) electrons. The van der Waals surface area contributed by atoms with E-state index in [1.165, 1.54) is 12.1 Å². The van der Waals surface area contributed by atoms with Crippen LogP contribution in [0.4, 0.5) is 4.39 Å². The summed E-state index contributed by atoms with van der Waals surface area (Å²) in [5, 5.41) is 5.84. The molecule has 0 aliphatic carbocycles. The lowest BCUT2D eigenvalue weighted by molar-refractivity contribution is -0.122. The highest BCUT2D eigenvalue weighted by Gasteiger charge is 2.36. The molecule has 0 spiro atoms. The summed E-state index contributed by atoms with van der Waals surface area (Å²) in [4.78, 5) is 24.7. The third kappa shape index (κ3) is 3.39. The number of ether oxygens (including phenoxy) is 1. The van der Waals surface area contributed by atoms with Gasteiger partial charge in [0.1, 0.15) is 17.2 Å². The van der Waals surface area contributed by atoms with Crippen LogP contribution in [-0.4, -0.2) is 17.4 Å². The van der Waals surface area contributed by atoms with E-state index in [0.29, 0.717) is 23.3 Å². The number of hydrogen-bond donors (Lipinski definition) is 2. The highest BCUT2D eigenvalue weighted by molar-refractivity contribution is 5.99. The fourth-order valence-corrected chi connectivity index (χ4v) is 3.88. The van der Waals surface area contributed by atoms with Gasteiger partial charge in [0.25, 0.3) is 5.91 Å². The standard InChI is InChI=1S/C21H21FN2O3/c1-21(2)11-17(15-9-12(22)7-8-18(15)27-21)23-19(25)10-16-13-5-3-4-6-14(13)20(26)24-16/h3-9,16-17H,10-11H2,1-2H3,(H,23,25)(H,24,26). The van der Waals surface area contributed by atoms with Crippen molar-refractivity contribution in [2.24, 2.45) is 0 Å². The molecule has 5 nitrogen and oxygen atoms in total. The van der Waals surface area contributed by atoms with Gasteiger partial charge in [-0.3, -0.25) is 9.59 Å². The summed E-state index contributed by atoms with van der Waals surface area (Å²) < 4.78 is 19.6. The fourth-order valence-electron chi connectivity index (χ4n) is 3.88. The predicted octanol–water partition coefficient (Wildman–Crippen LogP) is 3.42. The molecule has 4 rings (SSSR count). The van der Waals surface area contributed by atoms with E-state index < -0.39 is 5.60 Å². The zero-order valence-electron chi connectivity index (χ0n) is 15.2. The zero-order chi connectivity index (χ0) is 19.2. The third-order valence-corrected chi connectivity index (χ3v) is 5.04. The van der Waals surface area contributed by atoms with E-state index in [1.54, 1.807) is 18.2 Å². The first kappa shape index (κ1) is 17.5. The monoisotopic (exact) mass is 368 g/mol. The molecule has 27 heavy (non-hydrogen) atoms. The number of rotatable bonds is 3. The van der Waals surface area contributed by atoms with Gasteiger partial charge in [0.2, 0.25) is 5.91 Å². The number of hydrogen-bond acceptors (Lipinski definition) is 3. The molecule has 2 amide bonds. The van der Waals surface area contributed by atoms with Crippen LogP contribution in [0.15, 0.2) is 42.5 Å². The van der Waals surface area contributed by atoms with Crippen LogP contribution >= 0.6 is 0 Å². The number of carbonyl (C=O) groups excluding carboxylic acids is 2. The van der Waals surface area contributed by atoms with E-state index in [9.17, 15) is 14.0 Å². The summed E-state index contributed by atoms with van der Waals surface area (Å²) in [5.41, 5.74) is 1.60. The summed E-state index contributed by atoms with van der Waals surface area (Å²) in [6, 6.07) is 10.9. The van der Waals surface area contributed by atoms with Crippen molar-refractivity contribution in [2.75, 3.05) is 0 Å². The maximum absolute atomic E-state index is 13.7. The van der Waals surface area contributed by atoms with Crippen molar-refractivity contribution >= 4 is 11.8 Å². The van der Waals surface area contributed by atoms with E-state index in [4.69, 9.17) is 4.74 Å². The van der Waals surface area contributed by atoms with Gasteiger partial charge in [0.15, 0.2) is 0 Å². The molecule has 2 aromatic carbocycles. The number of carbonyl (C=O) groups is 2. The van der Waals surface area contributed by atoms with Crippen LogP contribution < -0.4 is 15.4 Å². The van der Waals surface area contributed by atoms with Crippen LogP contribution in [0.2, 0.25) is 0 Å². The summed E-state index contributed by atoms with van der Waals surface area (Å²) in [7, 11) is 0. The minimum absolute atomic E-state index is 0.130. The molecular formula is C21H21FN2O3. The Bertz CT molecular complexity index is 925. The Kier molecular flexibility index (Phi) is 4.13. The van der Waals surface area contributed by atoms with Crippen LogP contribution in [0.1, 0.15) is 60.3 Å². The van der Waals surface area contributed by atoms with Crippen molar-refractivity contribution in [2.45, 2.75) is 44.4 Å². The molecule has 2 aromatic rings. The summed E-state index contributed by atoms with van der Waals surface area (Å²) in [5.74, 6) is -0.149. The van der Waals surface area contributed by atoms with Crippen molar-refractivity contribution in [1.82, 2.24) is 10.6 Å². The third-order valence-electron chi connectivity index (χ3n) is 5.04. The van der Waals surface area contributed by atoms with Crippen molar-refractivity contribution in [3.05, 3.63) is 65.0 Å². The number of fused-ring (bicyclic) bond motifs is 2. The van der Waals surface area contributed by atoms with Crippen LogP contribution in [0.3, 0.4) is 0 Å². The second-order valence-corrected chi connectivity index (χ2v) is 7.69. The molecular weight excluding hydrogens is 347 g/mol. The average molecular weight is 368 g/mol. The van der Waals surface area contributed by atoms with Crippen LogP contribution in [0, 0.1) is 5.82 Å². The van der Waals surface area contributed by atoms with Crippen LogP contribution in [0.25, 0.3) is 0 Å². The van der Waals surface area contributed by atoms with Gasteiger partial charge in [-0.25, -0.2) is 4.39 Å². The van der Waals surface area contributed by atoms with Gasteiger partial charge in [-0.1, -0.05) is 18.2 Å². The Morgan fingerprint density at radius 3 is 2.85 bits per heavy atom. The van der Waals surface area contributed by atoms with E-state index in [0.717, 1.165) is 5.56 Å². The van der Waals surface area contributed by atoms with Crippen LogP contribution in [0.5, 0.6) is 5.75 Å². The number of amides is 2. The lowest BCUT2D eigenvalue weighted by Gasteiger charge is -2.38. The predicted molar refractivity (Wildman–Crippen MR) is 97.9 cm³/mol. The molecule has 2 heterocycles. The molecule has 2 unspecified atom stereocenters. The molecule has 6 heteroatoms. The highest BCUT2D eigenvalue weighted by Crippen LogP contribution is 2.40. The second-order valence-electron chi connectivity index (χ2n) is 7.69. The lowest BCUT2D eigenvalue weighted by atomic mass is 9.89.